The van der Waals surface area contributed by atoms with Crippen LogP contribution in [0, 0.1) is 0 Å². The van der Waals surface area contributed by atoms with Gasteiger partial charge in [-0.05, 0) is 45.6 Å². The molecule has 32 heavy (non-hydrogen) atoms. The Morgan fingerprint density at radius 3 is 2.41 bits per heavy atom. The van der Waals surface area contributed by atoms with Gasteiger partial charge in [0.15, 0.2) is 0 Å². The van der Waals surface area contributed by atoms with Crippen LogP contribution >= 0.6 is 0 Å². The lowest BCUT2D eigenvalue weighted by molar-refractivity contribution is -0.164. The molecular formula is C25H34N2O5. The van der Waals surface area contributed by atoms with E-state index in [0.29, 0.717) is 19.3 Å². The van der Waals surface area contributed by atoms with Gasteiger partial charge in [-0.3, -0.25) is 9.69 Å². The Kier molecular flexibility index (Phi) is 9.05. The smallest absolute Gasteiger partial charge is 0.410 e. The van der Waals surface area contributed by atoms with Gasteiger partial charge >= 0.3 is 12.1 Å². The summed E-state index contributed by atoms with van der Waals surface area (Å²) in [6.45, 7) is 12.9. The van der Waals surface area contributed by atoms with Gasteiger partial charge < -0.3 is 14.4 Å². The molecule has 2 amide bonds. The molecule has 0 aromatic heterocycles. The number of rotatable bonds is 9. The summed E-state index contributed by atoms with van der Waals surface area (Å²) in [5.74, 6) is -0.761. The maximum absolute atomic E-state index is 13.3. The SMILES string of the molecule is C=CC[C@@H]1CC[C@@H](C(=O)OC(C)(C)C)N1C(=O)CN(CC=C)C(=O)OCc1ccccc1. The summed E-state index contributed by atoms with van der Waals surface area (Å²) in [4.78, 5) is 41.5. The number of carbonyl (C=O) groups excluding carboxylic acids is 3. The van der Waals surface area contributed by atoms with E-state index in [1.807, 2.05) is 30.3 Å². The fraction of sp³-hybridized carbons (Fsp3) is 0.480. The highest BCUT2D eigenvalue weighted by molar-refractivity contribution is 5.88. The molecule has 1 aliphatic rings. The maximum atomic E-state index is 13.3. The van der Waals surface area contributed by atoms with Crippen LogP contribution in [0.2, 0.25) is 0 Å². The second-order valence-electron chi connectivity index (χ2n) is 8.82. The largest absolute Gasteiger partial charge is 0.458 e. The highest BCUT2D eigenvalue weighted by Gasteiger charge is 2.42. The van der Waals surface area contributed by atoms with Gasteiger partial charge in [-0.1, -0.05) is 42.5 Å². The van der Waals surface area contributed by atoms with Crippen LogP contribution < -0.4 is 0 Å². The van der Waals surface area contributed by atoms with E-state index < -0.39 is 23.7 Å². The Balaban J connectivity index is 2.11. The third kappa shape index (κ3) is 7.25. The van der Waals surface area contributed by atoms with Crippen molar-refractivity contribution in [2.75, 3.05) is 13.1 Å². The van der Waals surface area contributed by atoms with Crippen molar-refractivity contribution in [2.24, 2.45) is 0 Å². The number of carbonyl (C=O) groups is 3. The third-order valence-electron chi connectivity index (χ3n) is 5.05. The molecule has 0 aliphatic carbocycles. The lowest BCUT2D eigenvalue weighted by Crippen LogP contribution is -2.51. The summed E-state index contributed by atoms with van der Waals surface area (Å²) in [6.07, 6.45) is 4.40. The molecule has 2 atom stereocenters. The number of hydrogen-bond donors (Lipinski definition) is 0. The highest BCUT2D eigenvalue weighted by Crippen LogP contribution is 2.29. The molecule has 1 aliphatic heterocycles. The number of hydrogen-bond acceptors (Lipinski definition) is 5. The van der Waals surface area contributed by atoms with E-state index in [-0.39, 0.29) is 31.6 Å². The van der Waals surface area contributed by atoms with E-state index in [1.54, 1.807) is 31.7 Å². The van der Waals surface area contributed by atoms with Crippen molar-refractivity contribution in [3.8, 4) is 0 Å². The number of ether oxygens (including phenoxy) is 2. The summed E-state index contributed by atoms with van der Waals surface area (Å²) < 4.78 is 10.9. The van der Waals surface area contributed by atoms with Crippen LogP contribution in [0.25, 0.3) is 0 Å². The molecule has 7 nitrogen and oxygen atoms in total. The first kappa shape index (κ1) is 25.2. The van der Waals surface area contributed by atoms with Crippen molar-refractivity contribution in [3.63, 3.8) is 0 Å². The van der Waals surface area contributed by atoms with Gasteiger partial charge in [0.2, 0.25) is 5.91 Å². The molecule has 1 aromatic rings. The minimum atomic E-state index is -0.683. The summed E-state index contributed by atoms with van der Waals surface area (Å²) in [6, 6.07) is 8.46. The van der Waals surface area contributed by atoms with Crippen molar-refractivity contribution in [3.05, 3.63) is 61.2 Å². The van der Waals surface area contributed by atoms with Crippen LogP contribution in [0.3, 0.4) is 0 Å². The average Bonchev–Trinajstić information content (AvgIpc) is 3.15. The number of amides is 2. The zero-order chi connectivity index (χ0) is 23.7. The fourth-order valence-electron chi connectivity index (χ4n) is 3.70. The van der Waals surface area contributed by atoms with Gasteiger partial charge in [0, 0.05) is 12.6 Å². The molecular weight excluding hydrogens is 408 g/mol. The van der Waals surface area contributed by atoms with Crippen LogP contribution in [0.1, 0.15) is 45.6 Å². The quantitative estimate of drug-likeness (QED) is 0.425. The van der Waals surface area contributed by atoms with Crippen LogP contribution in [-0.2, 0) is 25.7 Å². The van der Waals surface area contributed by atoms with Crippen molar-refractivity contribution >= 4 is 18.0 Å². The molecule has 2 rings (SSSR count). The minimum absolute atomic E-state index is 0.102. The normalized spacial score (nSPS) is 18.0. The highest BCUT2D eigenvalue weighted by atomic mass is 16.6. The molecule has 174 valence electrons. The van der Waals surface area contributed by atoms with E-state index in [1.165, 1.54) is 11.0 Å². The van der Waals surface area contributed by atoms with Crippen molar-refractivity contribution in [1.29, 1.82) is 0 Å². The molecule has 1 aromatic carbocycles. The second-order valence-corrected chi connectivity index (χ2v) is 8.82. The van der Waals surface area contributed by atoms with Crippen LogP contribution in [0.15, 0.2) is 55.6 Å². The first-order valence-corrected chi connectivity index (χ1v) is 10.9. The van der Waals surface area contributed by atoms with Gasteiger partial charge in [-0.2, -0.15) is 0 Å². The van der Waals surface area contributed by atoms with Gasteiger partial charge in [0.1, 0.15) is 24.8 Å². The Morgan fingerprint density at radius 2 is 1.81 bits per heavy atom. The molecule has 0 N–H and O–H groups in total. The Morgan fingerprint density at radius 1 is 1.12 bits per heavy atom. The molecule has 1 fully saturated rings. The van der Waals surface area contributed by atoms with Crippen LogP contribution in [0.5, 0.6) is 0 Å². The van der Waals surface area contributed by atoms with Crippen molar-refractivity contribution in [1.82, 2.24) is 9.80 Å². The second kappa shape index (κ2) is 11.5. The number of nitrogens with zero attached hydrogens (tertiary/aromatic N) is 2. The zero-order valence-electron chi connectivity index (χ0n) is 19.3. The first-order valence-electron chi connectivity index (χ1n) is 10.9. The zero-order valence-corrected chi connectivity index (χ0v) is 19.3. The summed E-state index contributed by atoms with van der Waals surface area (Å²) in [7, 11) is 0. The Labute approximate surface area is 190 Å². The Bertz CT molecular complexity index is 815. The predicted molar refractivity (Wildman–Crippen MR) is 123 cm³/mol. The summed E-state index contributed by atoms with van der Waals surface area (Å²) in [5, 5.41) is 0. The number of benzene rings is 1. The third-order valence-corrected chi connectivity index (χ3v) is 5.05. The van der Waals surface area contributed by atoms with E-state index >= 15 is 0 Å². The maximum Gasteiger partial charge on any atom is 0.410 e. The van der Waals surface area contributed by atoms with E-state index in [2.05, 4.69) is 13.2 Å². The van der Waals surface area contributed by atoms with E-state index in [9.17, 15) is 14.4 Å². The molecule has 0 unspecified atom stereocenters. The van der Waals surface area contributed by atoms with Gasteiger partial charge in [0.05, 0.1) is 0 Å². The molecule has 1 heterocycles. The van der Waals surface area contributed by atoms with Gasteiger partial charge in [-0.25, -0.2) is 9.59 Å². The predicted octanol–water partition coefficient (Wildman–Crippen LogP) is 4.09. The lowest BCUT2D eigenvalue weighted by atomic mass is 10.1. The molecule has 0 radical (unpaired) electrons. The summed E-state index contributed by atoms with van der Waals surface area (Å²) >= 11 is 0. The number of esters is 1. The standard InChI is InChI=1S/C25H34N2O5/c1-6-11-20-14-15-21(23(29)32-25(3,4)5)27(20)22(28)17-26(16-7-2)24(30)31-18-19-12-9-8-10-13-19/h6-10,12-13,20-21H,1-2,11,14-18H2,3-5H3/t20-,21+/m1/s1. The molecule has 0 bridgehead atoms. The van der Waals surface area contributed by atoms with Gasteiger partial charge in [-0.15, -0.1) is 13.2 Å². The van der Waals surface area contributed by atoms with Crippen molar-refractivity contribution in [2.45, 2.75) is 64.3 Å². The van der Waals surface area contributed by atoms with Crippen LogP contribution in [0.4, 0.5) is 4.79 Å². The molecule has 0 saturated carbocycles. The van der Waals surface area contributed by atoms with Crippen LogP contribution in [-0.4, -0.2) is 58.5 Å². The molecule has 7 heteroatoms. The summed E-state index contributed by atoms with van der Waals surface area (Å²) in [5.41, 5.74) is 0.194. The molecule has 1 saturated heterocycles. The monoisotopic (exact) mass is 442 g/mol. The van der Waals surface area contributed by atoms with E-state index in [0.717, 1.165) is 5.56 Å². The molecule has 0 spiro atoms. The van der Waals surface area contributed by atoms with E-state index in [4.69, 9.17) is 9.47 Å². The minimum Gasteiger partial charge on any atom is -0.458 e. The van der Waals surface area contributed by atoms with Gasteiger partial charge in [0.25, 0.3) is 0 Å². The van der Waals surface area contributed by atoms with Crippen molar-refractivity contribution < 1.29 is 23.9 Å². The lowest BCUT2D eigenvalue weighted by Gasteiger charge is -2.32. The fourth-order valence-corrected chi connectivity index (χ4v) is 3.70. The first-order chi connectivity index (χ1) is 15.2. The topological polar surface area (TPSA) is 76.2 Å². The average molecular weight is 443 g/mol. The Hall–Kier alpha value is -3.09. The number of likely N-dealkylation sites (tertiary alicyclic amines) is 1.